The zero-order valence-electron chi connectivity index (χ0n) is 11.0. The van der Waals surface area contributed by atoms with Gasteiger partial charge < -0.3 is 10.1 Å². The van der Waals surface area contributed by atoms with Crippen LogP contribution in [0.4, 0.5) is 19.1 Å². The van der Waals surface area contributed by atoms with Crippen molar-refractivity contribution < 1.29 is 17.9 Å². The Morgan fingerprint density at radius 2 is 1.90 bits per heavy atom. The van der Waals surface area contributed by atoms with Crippen LogP contribution in [-0.2, 0) is 0 Å². The van der Waals surface area contributed by atoms with E-state index < -0.39 is 6.36 Å². The van der Waals surface area contributed by atoms with Crippen LogP contribution in [0.5, 0.6) is 5.75 Å². The number of benzene rings is 1. The number of aryl methyl sites for hydroxylation is 1. The van der Waals surface area contributed by atoms with Gasteiger partial charge >= 0.3 is 6.36 Å². The lowest BCUT2D eigenvalue weighted by molar-refractivity contribution is -0.274. The third-order valence-corrected chi connectivity index (χ3v) is 2.51. The van der Waals surface area contributed by atoms with Gasteiger partial charge in [0, 0.05) is 18.4 Å². The lowest BCUT2D eigenvalue weighted by Gasteiger charge is -2.11. The Hall–Kier alpha value is -2.18. The molecule has 0 bridgehead atoms. The molecule has 4 nitrogen and oxygen atoms in total. The molecule has 20 heavy (non-hydrogen) atoms. The van der Waals surface area contributed by atoms with Crippen molar-refractivity contribution in [3.05, 3.63) is 36.2 Å². The predicted octanol–water partition coefficient (Wildman–Crippen LogP) is 3.51. The summed E-state index contributed by atoms with van der Waals surface area (Å²) in [4.78, 5) is 4.30. The minimum atomic E-state index is -4.68. The molecule has 2 rings (SSSR count). The maximum Gasteiger partial charge on any atom is 0.573 e. The number of aromatic nitrogens is 2. The molecule has 1 N–H and O–H groups in total. The van der Waals surface area contributed by atoms with Gasteiger partial charge in [-0.15, -0.1) is 13.2 Å². The number of halogens is 3. The molecule has 1 aromatic heterocycles. The number of rotatable bonds is 4. The van der Waals surface area contributed by atoms with Gasteiger partial charge in [-0.2, -0.15) is 0 Å². The molecule has 0 aliphatic carbocycles. The minimum absolute atomic E-state index is 0.247. The van der Waals surface area contributed by atoms with Gasteiger partial charge in [0.15, 0.2) is 0 Å². The second-order valence-corrected chi connectivity index (χ2v) is 4.15. The third-order valence-electron chi connectivity index (χ3n) is 2.51. The van der Waals surface area contributed by atoms with Crippen LogP contribution >= 0.6 is 0 Å². The van der Waals surface area contributed by atoms with Crippen molar-refractivity contribution in [2.24, 2.45) is 0 Å². The van der Waals surface area contributed by atoms with Crippen molar-refractivity contribution in [2.75, 3.05) is 11.9 Å². The summed E-state index contributed by atoms with van der Waals surface area (Å²) in [5.74, 6) is 0.401. The van der Waals surface area contributed by atoms with Crippen molar-refractivity contribution >= 4 is 5.95 Å². The predicted molar refractivity (Wildman–Crippen MR) is 69.1 cm³/mol. The third kappa shape index (κ3) is 3.43. The van der Waals surface area contributed by atoms with Gasteiger partial charge in [-0.3, -0.25) is 4.57 Å². The van der Waals surface area contributed by atoms with Crippen molar-refractivity contribution in [3.63, 3.8) is 0 Å². The molecular formula is C13H14F3N3O. The molecule has 7 heteroatoms. The Bertz CT molecular complexity index is 576. The Kier molecular flexibility index (Phi) is 3.87. The Morgan fingerprint density at radius 1 is 1.25 bits per heavy atom. The highest BCUT2D eigenvalue weighted by Crippen LogP contribution is 2.24. The van der Waals surface area contributed by atoms with E-state index in [1.165, 1.54) is 12.1 Å². The van der Waals surface area contributed by atoms with Crippen molar-refractivity contribution in [2.45, 2.75) is 20.2 Å². The lowest BCUT2D eigenvalue weighted by Crippen LogP contribution is -2.17. The van der Waals surface area contributed by atoms with E-state index in [-0.39, 0.29) is 5.75 Å². The van der Waals surface area contributed by atoms with Crippen LogP contribution in [0.25, 0.3) is 5.69 Å². The van der Waals surface area contributed by atoms with Crippen molar-refractivity contribution in [1.82, 2.24) is 9.55 Å². The summed E-state index contributed by atoms with van der Waals surface area (Å²) in [6, 6.07) is 5.63. The monoisotopic (exact) mass is 285 g/mol. The van der Waals surface area contributed by atoms with Gasteiger partial charge in [0.25, 0.3) is 0 Å². The largest absolute Gasteiger partial charge is 0.573 e. The van der Waals surface area contributed by atoms with E-state index in [4.69, 9.17) is 0 Å². The summed E-state index contributed by atoms with van der Waals surface area (Å²) in [6.45, 7) is 4.48. The second kappa shape index (κ2) is 5.44. The smallest absolute Gasteiger partial charge is 0.406 e. The number of imidazole rings is 1. The second-order valence-electron chi connectivity index (χ2n) is 4.15. The zero-order valence-corrected chi connectivity index (χ0v) is 11.0. The first-order chi connectivity index (χ1) is 9.39. The number of anilines is 1. The summed E-state index contributed by atoms with van der Waals surface area (Å²) in [5.41, 5.74) is 1.52. The maximum atomic E-state index is 12.1. The van der Waals surface area contributed by atoms with E-state index in [1.54, 1.807) is 22.9 Å². The van der Waals surface area contributed by atoms with Crippen LogP contribution in [0.2, 0.25) is 0 Å². The minimum Gasteiger partial charge on any atom is -0.406 e. The number of nitrogens with zero attached hydrogens (tertiary/aromatic N) is 2. The zero-order chi connectivity index (χ0) is 14.8. The number of ether oxygens (including phenoxy) is 1. The van der Waals surface area contributed by atoms with Crippen LogP contribution < -0.4 is 10.1 Å². The standard InChI is InChI=1S/C13H14F3N3O/c1-3-17-12-18-9(2)8-19(12)10-4-6-11(7-5-10)20-13(14,15)16/h4-8H,3H2,1-2H3,(H,17,18). The summed E-state index contributed by atoms with van der Waals surface area (Å²) < 4.78 is 41.9. The van der Waals surface area contributed by atoms with E-state index in [2.05, 4.69) is 15.0 Å². The highest BCUT2D eigenvalue weighted by Gasteiger charge is 2.30. The molecule has 2 aromatic rings. The molecule has 0 atom stereocenters. The van der Waals surface area contributed by atoms with Crippen LogP contribution in [0.3, 0.4) is 0 Å². The van der Waals surface area contributed by atoms with E-state index in [1.807, 2.05) is 13.8 Å². The molecule has 0 aliphatic rings. The van der Waals surface area contributed by atoms with Gasteiger partial charge in [-0.25, -0.2) is 4.98 Å². The average Bonchev–Trinajstić information content (AvgIpc) is 2.70. The first-order valence-electron chi connectivity index (χ1n) is 6.05. The first kappa shape index (κ1) is 14.2. The maximum absolute atomic E-state index is 12.1. The Labute approximate surface area is 114 Å². The Morgan fingerprint density at radius 3 is 2.45 bits per heavy atom. The van der Waals surface area contributed by atoms with Crippen LogP contribution in [0, 0.1) is 6.92 Å². The van der Waals surface area contributed by atoms with Crippen LogP contribution in [0.15, 0.2) is 30.5 Å². The van der Waals surface area contributed by atoms with Crippen LogP contribution in [-0.4, -0.2) is 22.5 Å². The fourth-order valence-electron chi connectivity index (χ4n) is 1.79. The number of hydrogen-bond acceptors (Lipinski definition) is 3. The topological polar surface area (TPSA) is 39.1 Å². The summed E-state index contributed by atoms with van der Waals surface area (Å²) in [5, 5.41) is 3.09. The van der Waals surface area contributed by atoms with E-state index in [0.717, 1.165) is 5.69 Å². The normalized spacial score (nSPS) is 11.4. The molecule has 0 fully saturated rings. The van der Waals surface area contributed by atoms with Crippen molar-refractivity contribution in [3.8, 4) is 11.4 Å². The van der Waals surface area contributed by atoms with Gasteiger partial charge in [-0.05, 0) is 38.1 Å². The van der Waals surface area contributed by atoms with Crippen LogP contribution in [0.1, 0.15) is 12.6 Å². The highest BCUT2D eigenvalue weighted by atomic mass is 19.4. The van der Waals surface area contributed by atoms with Gasteiger partial charge in [0.05, 0.1) is 5.69 Å². The lowest BCUT2D eigenvalue weighted by atomic mass is 10.3. The summed E-state index contributed by atoms with van der Waals surface area (Å²) in [7, 11) is 0. The molecule has 0 saturated heterocycles. The van der Waals surface area contributed by atoms with E-state index in [0.29, 0.717) is 18.2 Å². The average molecular weight is 285 g/mol. The van der Waals surface area contributed by atoms with Gasteiger partial charge in [-0.1, -0.05) is 0 Å². The molecule has 0 spiro atoms. The highest BCUT2D eigenvalue weighted by molar-refractivity contribution is 5.45. The first-order valence-corrected chi connectivity index (χ1v) is 6.05. The van der Waals surface area contributed by atoms with E-state index >= 15 is 0 Å². The molecule has 0 amide bonds. The van der Waals surface area contributed by atoms with E-state index in [9.17, 15) is 13.2 Å². The number of hydrogen-bond donors (Lipinski definition) is 1. The molecule has 1 aromatic carbocycles. The molecule has 0 radical (unpaired) electrons. The molecule has 1 heterocycles. The number of nitrogens with one attached hydrogen (secondary N) is 1. The molecular weight excluding hydrogens is 271 g/mol. The number of alkyl halides is 3. The fraction of sp³-hybridized carbons (Fsp3) is 0.308. The SMILES string of the molecule is CCNc1nc(C)cn1-c1ccc(OC(F)(F)F)cc1. The van der Waals surface area contributed by atoms with Gasteiger partial charge in [0.1, 0.15) is 5.75 Å². The Balaban J connectivity index is 2.26. The molecule has 0 unspecified atom stereocenters. The van der Waals surface area contributed by atoms with Crippen molar-refractivity contribution in [1.29, 1.82) is 0 Å². The van der Waals surface area contributed by atoms with Gasteiger partial charge in [0.2, 0.25) is 5.95 Å². The summed E-state index contributed by atoms with van der Waals surface area (Å²) in [6.07, 6.45) is -2.88. The fourth-order valence-corrected chi connectivity index (χ4v) is 1.79. The molecule has 108 valence electrons. The molecule has 0 aliphatic heterocycles. The summed E-state index contributed by atoms with van der Waals surface area (Å²) >= 11 is 0. The molecule has 0 saturated carbocycles. The quantitative estimate of drug-likeness (QED) is 0.934.